The topological polar surface area (TPSA) is 46.9 Å². The highest BCUT2D eigenvalue weighted by Gasteiger charge is 2.61. The zero-order valence-electron chi connectivity index (χ0n) is 19.5. The van der Waals surface area contributed by atoms with Gasteiger partial charge in [-0.25, -0.2) is 4.98 Å². The van der Waals surface area contributed by atoms with Gasteiger partial charge in [0.2, 0.25) is 0 Å². The SMILES string of the molecule is CC1(C)[C@@H]2CC[C@@]1(C)[C@@H](NC(=O)c1cncn1-c1cccc(-c3ccccc3C(F)(F)F)c1)C2. The average Bonchev–Trinajstić information content (AvgIpc) is 3.42. The molecule has 5 rings (SSSR count). The summed E-state index contributed by atoms with van der Waals surface area (Å²) >= 11 is 0. The summed E-state index contributed by atoms with van der Waals surface area (Å²) in [5, 5.41) is 3.25. The molecule has 1 heterocycles. The molecule has 3 atom stereocenters. The number of nitrogens with one attached hydrogen (secondary N) is 1. The number of hydrogen-bond acceptors (Lipinski definition) is 2. The van der Waals surface area contributed by atoms with Gasteiger partial charge >= 0.3 is 6.18 Å². The summed E-state index contributed by atoms with van der Waals surface area (Å²) in [6, 6.07) is 12.3. The fraction of sp³-hybridized carbons (Fsp3) is 0.407. The monoisotopic (exact) mass is 467 g/mol. The molecule has 0 spiro atoms. The lowest BCUT2D eigenvalue weighted by molar-refractivity contribution is -0.137. The standard InChI is InChI=1S/C27H28F3N3O/c1-25(2)18-11-12-26(25,3)23(14-18)32-24(34)22-15-31-16-33(22)19-8-6-7-17(13-19)20-9-4-5-10-21(20)27(28,29)30/h4-10,13,15-16,18,23H,11-12,14H2,1-3H3,(H,32,34)/t18-,23+,26+/m1/s1. The average molecular weight is 468 g/mol. The molecule has 0 saturated heterocycles. The van der Waals surface area contributed by atoms with Crippen molar-refractivity contribution in [3.8, 4) is 16.8 Å². The molecule has 0 radical (unpaired) electrons. The van der Waals surface area contributed by atoms with E-state index in [0.717, 1.165) is 18.9 Å². The van der Waals surface area contributed by atoms with E-state index >= 15 is 0 Å². The normalized spacial score (nSPS) is 25.5. The second-order valence-corrected chi connectivity index (χ2v) is 10.4. The summed E-state index contributed by atoms with van der Waals surface area (Å²) in [6.45, 7) is 6.86. The van der Waals surface area contributed by atoms with Gasteiger partial charge in [0, 0.05) is 11.7 Å². The van der Waals surface area contributed by atoms with Crippen LogP contribution in [0.4, 0.5) is 13.2 Å². The van der Waals surface area contributed by atoms with Crippen molar-refractivity contribution in [1.82, 2.24) is 14.9 Å². The summed E-state index contributed by atoms with van der Waals surface area (Å²) in [7, 11) is 0. The van der Waals surface area contributed by atoms with Crippen molar-refractivity contribution < 1.29 is 18.0 Å². The molecule has 2 aliphatic carbocycles. The maximum atomic E-state index is 13.6. The highest BCUT2D eigenvalue weighted by Crippen LogP contribution is 2.65. The first-order chi connectivity index (χ1) is 16.0. The number of fused-ring (bicyclic) bond motifs is 2. The molecule has 1 N–H and O–H groups in total. The summed E-state index contributed by atoms with van der Waals surface area (Å²) in [5.74, 6) is 0.381. The Morgan fingerprint density at radius 1 is 1.12 bits per heavy atom. The van der Waals surface area contributed by atoms with Crippen molar-refractivity contribution in [2.75, 3.05) is 0 Å². The molecule has 7 heteroatoms. The molecule has 34 heavy (non-hydrogen) atoms. The van der Waals surface area contributed by atoms with E-state index in [4.69, 9.17) is 0 Å². The van der Waals surface area contributed by atoms with E-state index in [9.17, 15) is 18.0 Å². The van der Waals surface area contributed by atoms with Gasteiger partial charge in [-0.05, 0) is 65.3 Å². The Morgan fingerprint density at radius 2 is 1.88 bits per heavy atom. The molecule has 0 unspecified atom stereocenters. The van der Waals surface area contributed by atoms with Crippen LogP contribution in [0.15, 0.2) is 61.1 Å². The van der Waals surface area contributed by atoms with Crippen LogP contribution in [0.3, 0.4) is 0 Å². The van der Waals surface area contributed by atoms with Gasteiger partial charge in [-0.1, -0.05) is 51.1 Å². The molecular weight excluding hydrogens is 439 g/mol. The minimum atomic E-state index is -4.46. The molecule has 3 aromatic rings. The minimum absolute atomic E-state index is 0.0411. The first-order valence-corrected chi connectivity index (χ1v) is 11.6. The van der Waals surface area contributed by atoms with E-state index < -0.39 is 11.7 Å². The van der Waals surface area contributed by atoms with Crippen molar-refractivity contribution in [3.63, 3.8) is 0 Å². The van der Waals surface area contributed by atoms with Crippen LogP contribution >= 0.6 is 0 Å². The van der Waals surface area contributed by atoms with Crippen LogP contribution in [0.5, 0.6) is 0 Å². The number of carbonyl (C=O) groups is 1. The molecule has 178 valence electrons. The van der Waals surface area contributed by atoms with Crippen molar-refractivity contribution in [2.24, 2.45) is 16.7 Å². The first-order valence-electron chi connectivity index (χ1n) is 11.6. The maximum Gasteiger partial charge on any atom is 0.417 e. The Balaban J connectivity index is 1.45. The summed E-state index contributed by atoms with van der Waals surface area (Å²) < 4.78 is 42.3. The second-order valence-electron chi connectivity index (χ2n) is 10.4. The number of alkyl halides is 3. The van der Waals surface area contributed by atoms with Crippen LogP contribution in [0.2, 0.25) is 0 Å². The third-order valence-corrected chi connectivity index (χ3v) is 8.64. The third kappa shape index (κ3) is 3.44. The number of imidazole rings is 1. The lowest BCUT2D eigenvalue weighted by Crippen LogP contribution is -2.47. The Kier molecular flexibility index (Phi) is 5.15. The molecule has 2 aliphatic rings. The van der Waals surface area contributed by atoms with Crippen LogP contribution < -0.4 is 5.32 Å². The number of carbonyl (C=O) groups excluding carboxylic acids is 1. The fourth-order valence-electron chi connectivity index (χ4n) is 6.13. The Labute approximate surface area is 197 Å². The molecule has 4 nitrogen and oxygen atoms in total. The van der Waals surface area contributed by atoms with Crippen LogP contribution in [0, 0.1) is 16.7 Å². The van der Waals surface area contributed by atoms with Crippen molar-refractivity contribution >= 4 is 5.91 Å². The van der Waals surface area contributed by atoms with Crippen LogP contribution in [0.1, 0.15) is 56.1 Å². The van der Waals surface area contributed by atoms with E-state index in [2.05, 4.69) is 31.1 Å². The Bertz CT molecular complexity index is 1250. The number of nitrogens with zero attached hydrogens (tertiary/aromatic N) is 2. The van der Waals surface area contributed by atoms with Crippen molar-refractivity contribution in [2.45, 2.75) is 52.3 Å². The van der Waals surface area contributed by atoms with Crippen LogP contribution in [-0.4, -0.2) is 21.5 Å². The minimum Gasteiger partial charge on any atom is -0.347 e. The molecule has 2 fully saturated rings. The summed E-state index contributed by atoms with van der Waals surface area (Å²) in [4.78, 5) is 17.5. The van der Waals surface area contributed by atoms with Gasteiger partial charge in [0.25, 0.3) is 5.91 Å². The van der Waals surface area contributed by atoms with E-state index in [-0.39, 0.29) is 28.3 Å². The number of aromatic nitrogens is 2. The zero-order valence-corrected chi connectivity index (χ0v) is 19.5. The first kappa shape index (κ1) is 22.7. The van der Waals surface area contributed by atoms with E-state index in [0.29, 0.717) is 22.9 Å². The number of halogens is 3. The lowest BCUT2D eigenvalue weighted by atomic mass is 9.69. The number of hydrogen-bond donors (Lipinski definition) is 1. The van der Waals surface area contributed by atoms with Gasteiger partial charge in [-0.2, -0.15) is 13.2 Å². The van der Waals surface area contributed by atoms with Crippen LogP contribution in [-0.2, 0) is 6.18 Å². The zero-order chi connectivity index (χ0) is 24.3. The maximum absolute atomic E-state index is 13.6. The molecule has 2 bridgehead atoms. The van der Waals surface area contributed by atoms with Gasteiger partial charge in [0.1, 0.15) is 5.69 Å². The van der Waals surface area contributed by atoms with Gasteiger partial charge in [0.15, 0.2) is 0 Å². The van der Waals surface area contributed by atoms with Gasteiger partial charge in [0.05, 0.1) is 18.1 Å². The molecule has 2 saturated carbocycles. The summed E-state index contributed by atoms with van der Waals surface area (Å²) in [6.07, 6.45) is 1.82. The molecule has 1 aromatic heterocycles. The summed E-state index contributed by atoms with van der Waals surface area (Å²) in [5.41, 5.74) is 0.989. The Morgan fingerprint density at radius 3 is 2.56 bits per heavy atom. The predicted octanol–water partition coefficient (Wildman–Crippen LogP) is 6.50. The number of amides is 1. The van der Waals surface area contributed by atoms with E-state index in [1.54, 1.807) is 34.9 Å². The Hall–Kier alpha value is -3.09. The van der Waals surface area contributed by atoms with Gasteiger partial charge < -0.3 is 5.32 Å². The van der Waals surface area contributed by atoms with Gasteiger partial charge in [-0.15, -0.1) is 0 Å². The van der Waals surface area contributed by atoms with E-state index in [1.165, 1.54) is 31.1 Å². The van der Waals surface area contributed by atoms with E-state index in [1.807, 2.05) is 0 Å². The molecule has 1 amide bonds. The quantitative estimate of drug-likeness (QED) is 0.476. The molecule has 0 aliphatic heterocycles. The number of benzene rings is 2. The fourth-order valence-corrected chi connectivity index (χ4v) is 6.13. The van der Waals surface area contributed by atoms with Crippen molar-refractivity contribution in [3.05, 3.63) is 72.3 Å². The van der Waals surface area contributed by atoms with Crippen LogP contribution in [0.25, 0.3) is 16.8 Å². The molecule has 2 aromatic carbocycles. The van der Waals surface area contributed by atoms with Crippen molar-refractivity contribution in [1.29, 1.82) is 0 Å². The molecular formula is C27H28F3N3O. The second kappa shape index (κ2) is 7.72. The smallest absolute Gasteiger partial charge is 0.347 e. The largest absolute Gasteiger partial charge is 0.417 e. The lowest BCUT2D eigenvalue weighted by Gasteiger charge is -2.39. The predicted molar refractivity (Wildman–Crippen MR) is 124 cm³/mol. The third-order valence-electron chi connectivity index (χ3n) is 8.64. The number of rotatable bonds is 4. The van der Waals surface area contributed by atoms with Gasteiger partial charge in [-0.3, -0.25) is 9.36 Å². The highest BCUT2D eigenvalue weighted by atomic mass is 19.4. The highest BCUT2D eigenvalue weighted by molar-refractivity contribution is 5.93.